The third kappa shape index (κ3) is 4.82. The van der Waals surface area contributed by atoms with Gasteiger partial charge in [-0.2, -0.15) is 11.8 Å². The molecule has 0 bridgehead atoms. The molecule has 0 spiro atoms. The molecule has 180 valence electrons. The van der Waals surface area contributed by atoms with Gasteiger partial charge in [0.15, 0.2) is 0 Å². The number of hydrogen-bond donors (Lipinski definition) is 0. The summed E-state index contributed by atoms with van der Waals surface area (Å²) in [5.41, 5.74) is 11.0. The van der Waals surface area contributed by atoms with Gasteiger partial charge < -0.3 is 9.80 Å². The van der Waals surface area contributed by atoms with E-state index in [4.69, 9.17) is 0 Å². The number of thiophene rings is 2. The Bertz CT molecular complexity index is 1260. The molecule has 1 aliphatic heterocycles. The number of rotatable bonds is 6. The average molecular weight is 517 g/mol. The number of benzene rings is 2. The van der Waals surface area contributed by atoms with Crippen LogP contribution in [-0.2, 0) is 0 Å². The molecular weight excluding hydrogens is 485 g/mol. The van der Waals surface area contributed by atoms with Crippen molar-refractivity contribution in [1.29, 1.82) is 0 Å². The Morgan fingerprint density at radius 2 is 0.943 bits per heavy atom. The van der Waals surface area contributed by atoms with Crippen molar-refractivity contribution >= 4 is 57.0 Å². The lowest BCUT2D eigenvalue weighted by molar-refractivity contribution is 1.13. The van der Waals surface area contributed by atoms with Gasteiger partial charge in [0.25, 0.3) is 0 Å². The van der Waals surface area contributed by atoms with E-state index in [1.54, 1.807) is 0 Å². The molecule has 0 unspecified atom stereocenters. The van der Waals surface area contributed by atoms with Crippen molar-refractivity contribution < 1.29 is 0 Å². The third-order valence-corrected chi connectivity index (χ3v) is 9.86. The standard InChI is InChI=1S/C30H32N2S3/c1-19-25(15-29(34-19)21-7-11-23(12-8-21)31(3)4)27-17-33-18-28(27)26-16-30(35-20(26)2)22-9-13-24(14-10-22)32(5)6/h7-16H,17-18H2,1-6H3. The van der Waals surface area contributed by atoms with Crippen molar-refractivity contribution in [2.45, 2.75) is 13.8 Å². The molecule has 0 N–H and O–H groups in total. The zero-order valence-corrected chi connectivity index (χ0v) is 23.8. The Hall–Kier alpha value is -2.47. The molecule has 0 aliphatic carbocycles. The van der Waals surface area contributed by atoms with E-state index in [2.05, 4.69) is 113 Å². The topological polar surface area (TPSA) is 6.48 Å². The number of thioether (sulfide) groups is 1. The summed E-state index contributed by atoms with van der Waals surface area (Å²) in [6, 6.07) is 22.7. The minimum Gasteiger partial charge on any atom is -0.378 e. The number of nitrogens with zero attached hydrogens (tertiary/aromatic N) is 2. The molecule has 2 aromatic heterocycles. The van der Waals surface area contributed by atoms with Gasteiger partial charge >= 0.3 is 0 Å². The first-order valence-electron chi connectivity index (χ1n) is 11.9. The quantitative estimate of drug-likeness (QED) is 0.253. The lowest BCUT2D eigenvalue weighted by atomic mass is 9.96. The highest BCUT2D eigenvalue weighted by Gasteiger charge is 2.24. The van der Waals surface area contributed by atoms with Gasteiger partial charge in [-0.15, -0.1) is 22.7 Å². The summed E-state index contributed by atoms with van der Waals surface area (Å²) in [6.07, 6.45) is 0. The van der Waals surface area contributed by atoms with Gasteiger partial charge in [0, 0.05) is 70.6 Å². The summed E-state index contributed by atoms with van der Waals surface area (Å²) >= 11 is 5.88. The smallest absolute Gasteiger partial charge is 0.0361 e. The van der Waals surface area contributed by atoms with Crippen LogP contribution in [0.25, 0.3) is 32.0 Å². The largest absolute Gasteiger partial charge is 0.378 e. The SMILES string of the molecule is Cc1sc(-c2ccc(N(C)C)cc2)cc1C1=C(c2cc(-c3ccc(N(C)C)cc3)sc2C)CSC1. The molecule has 0 radical (unpaired) electrons. The van der Waals surface area contributed by atoms with Gasteiger partial charge in [-0.3, -0.25) is 0 Å². The summed E-state index contributed by atoms with van der Waals surface area (Å²) in [5.74, 6) is 2.18. The average Bonchev–Trinajstić information content (AvgIpc) is 3.57. The Kier molecular flexibility index (Phi) is 6.84. The van der Waals surface area contributed by atoms with Gasteiger partial charge in [0.05, 0.1) is 0 Å². The van der Waals surface area contributed by atoms with Crippen molar-refractivity contribution in [3.8, 4) is 20.9 Å². The van der Waals surface area contributed by atoms with Crippen LogP contribution in [0, 0.1) is 13.8 Å². The fraction of sp³-hybridized carbons (Fsp3) is 0.267. The second kappa shape index (κ2) is 9.88. The third-order valence-electron chi connectivity index (χ3n) is 6.68. The molecule has 5 heteroatoms. The van der Waals surface area contributed by atoms with Crippen LogP contribution < -0.4 is 9.80 Å². The summed E-state index contributed by atoms with van der Waals surface area (Å²) in [5, 5.41) is 0. The number of anilines is 2. The molecule has 0 saturated heterocycles. The van der Waals surface area contributed by atoms with Crippen molar-refractivity contribution in [3.05, 3.63) is 81.5 Å². The van der Waals surface area contributed by atoms with Crippen molar-refractivity contribution in [2.24, 2.45) is 0 Å². The molecule has 0 amide bonds. The highest BCUT2D eigenvalue weighted by molar-refractivity contribution is 8.00. The Balaban J connectivity index is 1.49. The predicted molar refractivity (Wildman–Crippen MR) is 162 cm³/mol. The van der Waals surface area contributed by atoms with Crippen molar-refractivity contribution in [3.63, 3.8) is 0 Å². The van der Waals surface area contributed by atoms with Gasteiger partial charge in [-0.1, -0.05) is 24.3 Å². The van der Waals surface area contributed by atoms with Crippen LogP contribution in [0.4, 0.5) is 11.4 Å². The lowest BCUT2D eigenvalue weighted by Gasteiger charge is -2.12. The van der Waals surface area contributed by atoms with Crippen LogP contribution in [0.2, 0.25) is 0 Å². The van der Waals surface area contributed by atoms with E-state index in [9.17, 15) is 0 Å². The van der Waals surface area contributed by atoms with E-state index in [1.165, 1.54) is 64.3 Å². The Labute approximate surface area is 221 Å². The molecule has 3 heterocycles. The van der Waals surface area contributed by atoms with Crippen LogP contribution in [0.15, 0.2) is 60.7 Å². The normalized spacial score (nSPS) is 13.5. The Morgan fingerprint density at radius 1 is 0.571 bits per heavy atom. The first-order valence-corrected chi connectivity index (χ1v) is 14.7. The molecule has 2 aromatic carbocycles. The second-order valence-corrected chi connectivity index (χ2v) is 13.0. The lowest BCUT2D eigenvalue weighted by Crippen LogP contribution is -2.07. The van der Waals surface area contributed by atoms with E-state index in [0.717, 1.165) is 11.5 Å². The molecule has 0 atom stereocenters. The molecular formula is C30H32N2S3. The van der Waals surface area contributed by atoms with E-state index in [-0.39, 0.29) is 0 Å². The van der Waals surface area contributed by atoms with E-state index in [1.807, 2.05) is 34.4 Å². The fourth-order valence-electron chi connectivity index (χ4n) is 4.61. The van der Waals surface area contributed by atoms with Crippen LogP contribution in [0.3, 0.4) is 0 Å². The Morgan fingerprint density at radius 3 is 1.29 bits per heavy atom. The van der Waals surface area contributed by atoms with Gasteiger partial charge in [-0.05, 0) is 83.6 Å². The second-order valence-electron chi connectivity index (χ2n) is 9.49. The van der Waals surface area contributed by atoms with Crippen molar-refractivity contribution in [2.75, 3.05) is 49.5 Å². The summed E-state index contributed by atoms with van der Waals surface area (Å²) in [6.45, 7) is 4.56. The van der Waals surface area contributed by atoms with Crippen LogP contribution >= 0.6 is 34.4 Å². The maximum atomic E-state index is 2.43. The number of hydrogen-bond acceptors (Lipinski definition) is 5. The first-order chi connectivity index (χ1) is 16.8. The zero-order chi connectivity index (χ0) is 24.7. The summed E-state index contributed by atoms with van der Waals surface area (Å²) in [4.78, 5) is 9.84. The zero-order valence-electron chi connectivity index (χ0n) is 21.3. The predicted octanol–water partition coefficient (Wildman–Crippen LogP) is 8.55. The minimum absolute atomic E-state index is 1.09. The van der Waals surface area contributed by atoms with Crippen LogP contribution in [0.1, 0.15) is 20.9 Å². The molecule has 2 nitrogen and oxygen atoms in total. The van der Waals surface area contributed by atoms with E-state index >= 15 is 0 Å². The monoisotopic (exact) mass is 516 g/mol. The van der Waals surface area contributed by atoms with Gasteiger partial charge in [0.2, 0.25) is 0 Å². The van der Waals surface area contributed by atoms with E-state index < -0.39 is 0 Å². The highest BCUT2D eigenvalue weighted by atomic mass is 32.2. The van der Waals surface area contributed by atoms with Crippen molar-refractivity contribution in [1.82, 2.24) is 0 Å². The van der Waals surface area contributed by atoms with E-state index in [0.29, 0.717) is 0 Å². The maximum absolute atomic E-state index is 2.43. The highest BCUT2D eigenvalue weighted by Crippen LogP contribution is 2.46. The summed E-state index contributed by atoms with van der Waals surface area (Å²) < 4.78 is 0. The van der Waals surface area contributed by atoms with Crippen LogP contribution in [0.5, 0.6) is 0 Å². The summed E-state index contributed by atoms with van der Waals surface area (Å²) in [7, 11) is 8.35. The molecule has 1 aliphatic rings. The molecule has 35 heavy (non-hydrogen) atoms. The van der Waals surface area contributed by atoms with Crippen LogP contribution in [-0.4, -0.2) is 39.7 Å². The molecule has 0 fully saturated rings. The van der Waals surface area contributed by atoms with Gasteiger partial charge in [0.1, 0.15) is 0 Å². The molecule has 4 aromatic rings. The fourth-order valence-corrected chi connectivity index (χ4v) is 7.88. The minimum atomic E-state index is 1.09. The van der Waals surface area contributed by atoms with Gasteiger partial charge in [-0.25, -0.2) is 0 Å². The molecule has 0 saturated carbocycles. The molecule has 5 rings (SSSR count). The first kappa shape index (κ1) is 24.2. The maximum Gasteiger partial charge on any atom is 0.0361 e. The number of aryl methyl sites for hydroxylation is 2.